The molecule has 1 heterocycles. The highest BCUT2D eigenvalue weighted by Gasteiger charge is 2.33. The molecule has 21 heavy (non-hydrogen) atoms. The summed E-state index contributed by atoms with van der Waals surface area (Å²) >= 11 is 0. The lowest BCUT2D eigenvalue weighted by molar-refractivity contribution is 0.0685. The molecule has 1 aliphatic rings. The third-order valence-corrected chi connectivity index (χ3v) is 6.22. The summed E-state index contributed by atoms with van der Waals surface area (Å²) in [5, 5.41) is 8.75. The van der Waals surface area contributed by atoms with E-state index < -0.39 is 48.9 Å². The van der Waals surface area contributed by atoms with Crippen LogP contribution in [0.2, 0.25) is 0 Å². The molecule has 1 saturated heterocycles. The van der Waals surface area contributed by atoms with Crippen LogP contribution in [0, 0.1) is 11.6 Å². The summed E-state index contributed by atoms with van der Waals surface area (Å²) in [4.78, 5) is 9.92. The highest BCUT2D eigenvalue weighted by Crippen LogP contribution is 2.24. The molecule has 0 radical (unpaired) electrons. The van der Waals surface area contributed by atoms with E-state index in [1.54, 1.807) is 0 Å². The molecule has 0 aliphatic carbocycles. The van der Waals surface area contributed by atoms with Crippen LogP contribution in [0.4, 0.5) is 8.78 Å². The van der Waals surface area contributed by atoms with E-state index in [1.165, 1.54) is 0 Å². The topological polar surface area (TPSA) is 91.8 Å². The maximum absolute atomic E-state index is 14.0. The molecule has 0 atom stereocenters. The molecule has 0 unspecified atom stereocenters. The second-order valence-corrected chi connectivity index (χ2v) is 7.89. The normalized spacial score (nSPS) is 17.8. The Balaban J connectivity index is 2.48. The average molecular weight is 339 g/mol. The van der Waals surface area contributed by atoms with Gasteiger partial charge in [-0.1, -0.05) is 0 Å². The first kappa shape index (κ1) is 16.0. The van der Waals surface area contributed by atoms with Gasteiger partial charge in [0.05, 0.1) is 0 Å². The van der Waals surface area contributed by atoms with Crippen molar-refractivity contribution in [3.05, 3.63) is 29.3 Å². The lowest BCUT2D eigenvalue weighted by atomic mass is 10.2. The second kappa shape index (κ2) is 5.78. The molecule has 2 rings (SSSR count). The second-order valence-electron chi connectivity index (χ2n) is 4.29. The smallest absolute Gasteiger partial charge is 0.341 e. The van der Waals surface area contributed by atoms with Crippen LogP contribution in [0.3, 0.4) is 0 Å². The van der Waals surface area contributed by atoms with Gasteiger partial charge in [-0.3, -0.25) is 4.21 Å². The van der Waals surface area contributed by atoms with Crippen LogP contribution in [0.5, 0.6) is 0 Å². The first-order valence-corrected chi connectivity index (χ1v) is 8.74. The fourth-order valence-electron chi connectivity index (χ4n) is 1.93. The summed E-state index contributed by atoms with van der Waals surface area (Å²) in [7, 11) is -5.42. The molecule has 0 aromatic heterocycles. The van der Waals surface area contributed by atoms with Crippen molar-refractivity contribution in [1.29, 1.82) is 0 Å². The summed E-state index contributed by atoms with van der Waals surface area (Å²) in [6, 6.07) is 1.29. The van der Waals surface area contributed by atoms with Crippen LogP contribution >= 0.6 is 0 Å². The van der Waals surface area contributed by atoms with E-state index in [2.05, 4.69) is 0 Å². The van der Waals surface area contributed by atoms with Crippen molar-refractivity contribution in [2.24, 2.45) is 0 Å². The van der Waals surface area contributed by atoms with Gasteiger partial charge in [0.1, 0.15) is 16.3 Å². The quantitative estimate of drug-likeness (QED) is 0.861. The number of rotatable bonds is 3. The van der Waals surface area contributed by atoms with Crippen LogP contribution in [0.15, 0.2) is 17.0 Å². The van der Waals surface area contributed by atoms with Crippen LogP contribution in [-0.2, 0) is 20.8 Å². The summed E-state index contributed by atoms with van der Waals surface area (Å²) < 4.78 is 64.0. The first-order chi connectivity index (χ1) is 9.75. The zero-order valence-corrected chi connectivity index (χ0v) is 12.2. The van der Waals surface area contributed by atoms with Crippen LogP contribution < -0.4 is 0 Å². The van der Waals surface area contributed by atoms with Crippen LogP contribution in [-0.4, -0.2) is 52.6 Å². The molecule has 6 nitrogen and oxygen atoms in total. The summed E-state index contributed by atoms with van der Waals surface area (Å²) in [6.07, 6.45) is 0. The van der Waals surface area contributed by atoms with Gasteiger partial charge in [-0.2, -0.15) is 4.31 Å². The van der Waals surface area contributed by atoms with Crippen molar-refractivity contribution >= 4 is 26.8 Å². The van der Waals surface area contributed by atoms with E-state index in [9.17, 15) is 26.2 Å². The lowest BCUT2D eigenvalue weighted by Gasteiger charge is -2.25. The number of benzene rings is 1. The molecule has 1 aliphatic heterocycles. The largest absolute Gasteiger partial charge is 0.477 e. The minimum Gasteiger partial charge on any atom is -0.477 e. The molecule has 1 fully saturated rings. The van der Waals surface area contributed by atoms with Gasteiger partial charge < -0.3 is 5.11 Å². The molecule has 0 saturated carbocycles. The van der Waals surface area contributed by atoms with Gasteiger partial charge in [0, 0.05) is 35.4 Å². The molecule has 1 aromatic carbocycles. The molecule has 0 amide bonds. The van der Waals surface area contributed by atoms with E-state index in [1.807, 2.05) is 0 Å². The number of aromatic carboxylic acids is 1. The Labute approximate surface area is 121 Å². The molecule has 0 spiro atoms. The van der Waals surface area contributed by atoms with Gasteiger partial charge in [0.25, 0.3) is 0 Å². The molecular formula is C11H11F2NO5S2. The van der Waals surface area contributed by atoms with Crippen molar-refractivity contribution in [3.8, 4) is 0 Å². The van der Waals surface area contributed by atoms with Crippen LogP contribution in [0.1, 0.15) is 10.4 Å². The van der Waals surface area contributed by atoms with Crippen LogP contribution in [0.25, 0.3) is 0 Å². The van der Waals surface area contributed by atoms with Crippen molar-refractivity contribution in [1.82, 2.24) is 4.31 Å². The number of carbonyl (C=O) groups is 1. The molecule has 116 valence electrons. The number of sulfonamides is 1. The highest BCUT2D eigenvalue weighted by atomic mass is 32.2. The van der Waals surface area contributed by atoms with E-state index in [-0.39, 0.29) is 24.6 Å². The number of hydrogen-bond donors (Lipinski definition) is 1. The number of hydrogen-bond acceptors (Lipinski definition) is 4. The maximum atomic E-state index is 14.0. The minimum atomic E-state index is -4.30. The molecule has 1 N–H and O–H groups in total. The standard InChI is InChI=1S/C11H11F2NO5S2/c12-7-1-2-8(10(13)9(7)11(15)16)21(18,19)14-3-5-20(17)6-4-14/h1-2H,3-6H2,(H,15,16). The summed E-state index contributed by atoms with van der Waals surface area (Å²) in [5.74, 6) is -4.63. The van der Waals surface area contributed by atoms with Crippen molar-refractivity contribution in [2.45, 2.75) is 4.90 Å². The molecule has 10 heteroatoms. The summed E-state index contributed by atoms with van der Waals surface area (Å²) in [6.45, 7) is -0.123. The Morgan fingerprint density at radius 1 is 1.24 bits per heavy atom. The molecular weight excluding hydrogens is 328 g/mol. The Morgan fingerprint density at radius 2 is 1.81 bits per heavy atom. The van der Waals surface area contributed by atoms with Gasteiger partial charge in [0.15, 0.2) is 5.82 Å². The Bertz CT molecular complexity index is 710. The van der Waals surface area contributed by atoms with Crippen molar-refractivity contribution in [3.63, 3.8) is 0 Å². The Morgan fingerprint density at radius 3 is 2.33 bits per heavy atom. The lowest BCUT2D eigenvalue weighted by Crippen LogP contribution is -2.42. The minimum absolute atomic E-state index is 0.0613. The molecule has 0 bridgehead atoms. The number of halogens is 2. The first-order valence-electron chi connectivity index (χ1n) is 5.81. The van der Waals surface area contributed by atoms with Gasteiger partial charge in [-0.25, -0.2) is 22.0 Å². The number of nitrogens with zero attached hydrogens (tertiary/aromatic N) is 1. The van der Waals surface area contributed by atoms with Gasteiger partial charge in [-0.05, 0) is 12.1 Å². The fourth-order valence-corrected chi connectivity index (χ4v) is 4.72. The third-order valence-electron chi connectivity index (χ3n) is 3.02. The van der Waals surface area contributed by atoms with E-state index in [0.717, 1.165) is 4.31 Å². The third kappa shape index (κ3) is 2.97. The van der Waals surface area contributed by atoms with Gasteiger partial charge in [0.2, 0.25) is 10.0 Å². The summed E-state index contributed by atoms with van der Waals surface area (Å²) in [5.41, 5.74) is -1.31. The van der Waals surface area contributed by atoms with E-state index in [0.29, 0.717) is 12.1 Å². The maximum Gasteiger partial charge on any atom is 0.341 e. The zero-order chi connectivity index (χ0) is 15.8. The number of carboxylic acid groups (broad SMARTS) is 1. The van der Waals surface area contributed by atoms with Crippen molar-refractivity contribution in [2.75, 3.05) is 24.6 Å². The van der Waals surface area contributed by atoms with E-state index >= 15 is 0 Å². The Kier molecular flexibility index (Phi) is 4.40. The van der Waals surface area contributed by atoms with Gasteiger partial charge >= 0.3 is 5.97 Å². The van der Waals surface area contributed by atoms with Crippen molar-refractivity contribution < 1.29 is 31.3 Å². The fraction of sp³-hybridized carbons (Fsp3) is 0.364. The monoisotopic (exact) mass is 339 g/mol. The molecule has 1 aromatic rings. The van der Waals surface area contributed by atoms with Gasteiger partial charge in [-0.15, -0.1) is 0 Å². The SMILES string of the molecule is O=C(O)c1c(F)ccc(S(=O)(=O)N2CCS(=O)CC2)c1F. The zero-order valence-electron chi connectivity index (χ0n) is 10.6. The predicted molar refractivity (Wildman–Crippen MR) is 70.0 cm³/mol. The Hall–Kier alpha value is -1.39. The predicted octanol–water partition coefficient (Wildman–Crippen LogP) is 0.416. The highest BCUT2D eigenvalue weighted by molar-refractivity contribution is 7.89. The average Bonchev–Trinajstić information content (AvgIpc) is 2.38. The number of carboxylic acids is 1. The van der Waals surface area contributed by atoms with E-state index in [4.69, 9.17) is 5.11 Å².